The Balaban J connectivity index is 1.60. The molecule has 5 nitrogen and oxygen atoms in total. The van der Waals surface area contributed by atoms with Crippen molar-refractivity contribution in [2.75, 3.05) is 6.61 Å². The number of halogens is 2. The third-order valence-electron chi connectivity index (χ3n) is 6.98. The van der Waals surface area contributed by atoms with Gasteiger partial charge in [-0.2, -0.15) is 0 Å². The highest BCUT2D eigenvalue weighted by molar-refractivity contribution is 9.10. The molecular weight excluding hydrogens is 547 g/mol. The molecule has 1 aliphatic carbocycles. The Bertz CT molecular complexity index is 1210. The number of ether oxygens (including phenoxy) is 1. The van der Waals surface area contributed by atoms with Crippen molar-refractivity contribution >= 4 is 27.7 Å². The SMILES string of the molecule is Cc1cc(OCC(=O)N(Cc2ccc(F)cc2)[C@H](Cc2ccccc2)C(=O)NC2CCCCC2)ccc1Br. The summed E-state index contributed by atoms with van der Waals surface area (Å²) in [7, 11) is 0. The van der Waals surface area contributed by atoms with Gasteiger partial charge in [-0.3, -0.25) is 9.59 Å². The van der Waals surface area contributed by atoms with Crippen LogP contribution in [-0.4, -0.2) is 35.4 Å². The van der Waals surface area contributed by atoms with Crippen molar-refractivity contribution in [3.05, 3.63) is 99.8 Å². The lowest BCUT2D eigenvalue weighted by Gasteiger charge is -2.33. The number of aryl methyl sites for hydroxylation is 1. The molecule has 38 heavy (non-hydrogen) atoms. The second-order valence-corrected chi connectivity index (χ2v) is 10.8. The lowest BCUT2D eigenvalue weighted by atomic mass is 9.94. The summed E-state index contributed by atoms with van der Waals surface area (Å²) in [4.78, 5) is 29.0. The Morgan fingerprint density at radius 3 is 2.39 bits per heavy atom. The minimum atomic E-state index is -0.743. The Hall–Kier alpha value is -3.19. The van der Waals surface area contributed by atoms with Crippen molar-refractivity contribution in [2.45, 2.75) is 64.1 Å². The normalized spacial score (nSPS) is 14.5. The summed E-state index contributed by atoms with van der Waals surface area (Å²) in [6, 6.07) is 20.6. The molecule has 1 aliphatic rings. The van der Waals surface area contributed by atoms with Crippen LogP contribution in [0.5, 0.6) is 5.75 Å². The zero-order valence-electron chi connectivity index (χ0n) is 21.7. The van der Waals surface area contributed by atoms with Crippen molar-refractivity contribution < 1.29 is 18.7 Å². The highest BCUT2D eigenvalue weighted by atomic mass is 79.9. The minimum absolute atomic E-state index is 0.110. The summed E-state index contributed by atoms with van der Waals surface area (Å²) in [5.41, 5.74) is 2.69. The van der Waals surface area contributed by atoms with Crippen LogP contribution in [0.1, 0.15) is 48.8 Å². The summed E-state index contributed by atoms with van der Waals surface area (Å²) in [6.45, 7) is 1.90. The van der Waals surface area contributed by atoms with Crippen molar-refractivity contribution in [3.8, 4) is 5.75 Å². The maximum atomic E-state index is 13.8. The number of carbonyl (C=O) groups is 2. The fourth-order valence-electron chi connectivity index (χ4n) is 4.82. The van der Waals surface area contributed by atoms with Gasteiger partial charge in [0.1, 0.15) is 17.6 Å². The molecule has 4 rings (SSSR count). The molecule has 0 aliphatic heterocycles. The van der Waals surface area contributed by atoms with Gasteiger partial charge in [-0.15, -0.1) is 0 Å². The van der Waals surface area contributed by atoms with Gasteiger partial charge in [0.15, 0.2) is 6.61 Å². The zero-order valence-corrected chi connectivity index (χ0v) is 23.3. The predicted molar refractivity (Wildman–Crippen MR) is 150 cm³/mol. The number of benzene rings is 3. The largest absolute Gasteiger partial charge is 0.484 e. The Labute approximate surface area is 232 Å². The molecule has 1 N–H and O–H groups in total. The first-order valence-corrected chi connectivity index (χ1v) is 14.0. The van der Waals surface area contributed by atoms with Gasteiger partial charge < -0.3 is 15.0 Å². The number of amides is 2. The predicted octanol–water partition coefficient (Wildman–Crippen LogP) is 6.36. The van der Waals surface area contributed by atoms with Crippen LogP contribution in [0.4, 0.5) is 4.39 Å². The van der Waals surface area contributed by atoms with Gasteiger partial charge in [0, 0.05) is 23.5 Å². The molecule has 200 valence electrons. The van der Waals surface area contributed by atoms with E-state index >= 15 is 0 Å². The Morgan fingerprint density at radius 1 is 1.00 bits per heavy atom. The van der Waals surface area contributed by atoms with Gasteiger partial charge in [0.25, 0.3) is 5.91 Å². The number of nitrogens with zero attached hydrogens (tertiary/aromatic N) is 1. The van der Waals surface area contributed by atoms with E-state index in [2.05, 4.69) is 21.2 Å². The summed E-state index contributed by atoms with van der Waals surface area (Å²) in [5, 5.41) is 3.22. The fourth-order valence-corrected chi connectivity index (χ4v) is 5.07. The lowest BCUT2D eigenvalue weighted by Crippen LogP contribution is -2.53. The molecule has 0 saturated heterocycles. The van der Waals surface area contributed by atoms with E-state index in [1.54, 1.807) is 23.1 Å². The maximum absolute atomic E-state index is 13.8. The molecule has 7 heteroatoms. The second-order valence-electron chi connectivity index (χ2n) is 9.90. The fraction of sp³-hybridized carbons (Fsp3) is 0.355. The zero-order chi connectivity index (χ0) is 26.9. The van der Waals surface area contributed by atoms with Gasteiger partial charge >= 0.3 is 0 Å². The van der Waals surface area contributed by atoms with Crippen molar-refractivity contribution in [1.82, 2.24) is 10.2 Å². The molecule has 0 bridgehead atoms. The van der Waals surface area contributed by atoms with E-state index in [-0.39, 0.29) is 36.8 Å². The Morgan fingerprint density at radius 2 is 1.71 bits per heavy atom. The van der Waals surface area contributed by atoms with Crippen LogP contribution in [-0.2, 0) is 22.6 Å². The van der Waals surface area contributed by atoms with Crippen molar-refractivity contribution in [3.63, 3.8) is 0 Å². The van der Waals surface area contributed by atoms with E-state index in [4.69, 9.17) is 4.74 Å². The molecule has 0 spiro atoms. The topological polar surface area (TPSA) is 58.6 Å². The number of nitrogens with one attached hydrogen (secondary N) is 1. The molecular formula is C31H34BrFN2O3. The molecule has 1 saturated carbocycles. The number of hydrogen-bond donors (Lipinski definition) is 1. The van der Waals surface area contributed by atoms with Gasteiger partial charge in [0.05, 0.1) is 0 Å². The molecule has 3 aromatic rings. The minimum Gasteiger partial charge on any atom is -0.484 e. The van der Waals surface area contributed by atoms with E-state index in [1.165, 1.54) is 18.6 Å². The number of carbonyl (C=O) groups excluding carboxylic acids is 2. The molecule has 0 aromatic heterocycles. The van der Waals surface area contributed by atoms with Crippen LogP contribution in [0.3, 0.4) is 0 Å². The quantitative estimate of drug-likeness (QED) is 0.303. The van der Waals surface area contributed by atoms with E-state index in [0.29, 0.717) is 12.2 Å². The summed E-state index contributed by atoms with van der Waals surface area (Å²) >= 11 is 3.48. The van der Waals surface area contributed by atoms with E-state index in [1.807, 2.05) is 49.4 Å². The number of rotatable bonds is 10. The standard InChI is InChI=1S/C31H34BrFN2O3/c1-22-18-27(16-17-28(22)32)38-21-30(36)35(20-24-12-14-25(33)15-13-24)29(19-23-8-4-2-5-9-23)31(37)34-26-10-6-3-7-11-26/h2,4-5,8-9,12-18,26,29H,3,6-7,10-11,19-21H2,1H3,(H,34,37)/t29-/m1/s1. The van der Waals surface area contributed by atoms with Crippen LogP contribution in [0.25, 0.3) is 0 Å². The highest BCUT2D eigenvalue weighted by Crippen LogP contribution is 2.23. The van der Waals surface area contributed by atoms with Crippen LogP contribution < -0.4 is 10.1 Å². The molecule has 0 unspecified atom stereocenters. The average molecular weight is 582 g/mol. The second kappa shape index (κ2) is 13.6. The lowest BCUT2D eigenvalue weighted by molar-refractivity contribution is -0.143. The molecule has 0 heterocycles. The van der Waals surface area contributed by atoms with Crippen LogP contribution in [0.2, 0.25) is 0 Å². The first-order chi connectivity index (χ1) is 18.4. The van der Waals surface area contributed by atoms with Crippen molar-refractivity contribution in [2.24, 2.45) is 0 Å². The smallest absolute Gasteiger partial charge is 0.261 e. The average Bonchev–Trinajstić information content (AvgIpc) is 2.93. The first-order valence-electron chi connectivity index (χ1n) is 13.2. The molecule has 0 radical (unpaired) electrons. The molecule has 1 atom stereocenters. The van der Waals surface area contributed by atoms with Gasteiger partial charge in [-0.25, -0.2) is 4.39 Å². The molecule has 1 fully saturated rings. The maximum Gasteiger partial charge on any atom is 0.261 e. The monoisotopic (exact) mass is 580 g/mol. The van der Waals surface area contributed by atoms with Crippen LogP contribution >= 0.6 is 15.9 Å². The third-order valence-corrected chi connectivity index (χ3v) is 7.87. The van der Waals surface area contributed by atoms with E-state index in [9.17, 15) is 14.0 Å². The summed E-state index contributed by atoms with van der Waals surface area (Å²) < 4.78 is 20.4. The summed E-state index contributed by atoms with van der Waals surface area (Å²) in [5.74, 6) is -0.256. The van der Waals surface area contributed by atoms with E-state index in [0.717, 1.165) is 46.8 Å². The molecule has 2 amide bonds. The third kappa shape index (κ3) is 7.90. The first kappa shape index (κ1) is 27.8. The highest BCUT2D eigenvalue weighted by Gasteiger charge is 2.32. The van der Waals surface area contributed by atoms with Gasteiger partial charge in [-0.1, -0.05) is 77.7 Å². The van der Waals surface area contributed by atoms with E-state index < -0.39 is 6.04 Å². The number of hydrogen-bond acceptors (Lipinski definition) is 3. The van der Waals surface area contributed by atoms with Gasteiger partial charge in [0.2, 0.25) is 5.91 Å². The van der Waals surface area contributed by atoms with Crippen LogP contribution in [0.15, 0.2) is 77.3 Å². The summed E-state index contributed by atoms with van der Waals surface area (Å²) in [6.07, 6.45) is 5.62. The molecule has 3 aromatic carbocycles. The Kier molecular flexibility index (Phi) is 9.93. The van der Waals surface area contributed by atoms with Crippen LogP contribution in [0, 0.1) is 12.7 Å². The van der Waals surface area contributed by atoms with Crippen molar-refractivity contribution in [1.29, 1.82) is 0 Å². The van der Waals surface area contributed by atoms with Gasteiger partial charge in [-0.05, 0) is 66.8 Å².